The van der Waals surface area contributed by atoms with Crippen molar-refractivity contribution >= 4 is 11.8 Å². The molecule has 0 bridgehead atoms. The smallest absolute Gasteiger partial charge is 0.164 e. The number of hydrogen-bond acceptors (Lipinski definition) is 4. The third-order valence-corrected chi connectivity index (χ3v) is 3.14. The molecule has 1 aliphatic rings. The molecule has 0 amide bonds. The van der Waals surface area contributed by atoms with Gasteiger partial charge < -0.3 is 5.32 Å². The van der Waals surface area contributed by atoms with Crippen molar-refractivity contribution in [3.8, 4) is 0 Å². The topological polar surface area (TPSA) is 42.7 Å². The fourth-order valence-electron chi connectivity index (χ4n) is 1.42. The van der Waals surface area contributed by atoms with E-state index in [0.717, 1.165) is 25.0 Å². The molecule has 4 nitrogen and oxygen atoms in total. The van der Waals surface area contributed by atoms with Crippen LogP contribution in [0.1, 0.15) is 25.1 Å². The molecule has 84 valence electrons. The number of nitrogens with zero attached hydrogens (tertiary/aromatic N) is 3. The normalized spacial score (nSPS) is 15.8. The van der Waals surface area contributed by atoms with Crippen LogP contribution in [-0.4, -0.2) is 32.8 Å². The van der Waals surface area contributed by atoms with Gasteiger partial charge in [-0.25, -0.2) is 4.98 Å². The molecule has 0 unspecified atom stereocenters. The molecule has 1 aliphatic carbocycles. The molecule has 0 spiro atoms. The van der Waals surface area contributed by atoms with E-state index < -0.39 is 0 Å². The van der Waals surface area contributed by atoms with Crippen molar-refractivity contribution < 1.29 is 0 Å². The third kappa shape index (κ3) is 3.83. The predicted octanol–water partition coefficient (Wildman–Crippen LogP) is 1.28. The van der Waals surface area contributed by atoms with E-state index in [9.17, 15) is 0 Å². The zero-order chi connectivity index (χ0) is 10.5. The Labute approximate surface area is 94.8 Å². The SMILES string of the molecule is CSCCCn1cnc(CNC2CC2)n1. The standard InChI is InChI=1S/C10H18N4S/c1-15-6-2-5-14-8-12-10(13-14)7-11-9-3-4-9/h8-9,11H,2-7H2,1H3. The van der Waals surface area contributed by atoms with E-state index in [2.05, 4.69) is 21.7 Å². The first kappa shape index (κ1) is 11.0. The van der Waals surface area contributed by atoms with Crippen LogP contribution in [0.4, 0.5) is 0 Å². The second-order valence-electron chi connectivity index (χ2n) is 3.93. The van der Waals surface area contributed by atoms with Gasteiger partial charge in [0.25, 0.3) is 0 Å². The van der Waals surface area contributed by atoms with Crippen LogP contribution in [0.3, 0.4) is 0 Å². The van der Waals surface area contributed by atoms with E-state index in [1.54, 1.807) is 0 Å². The monoisotopic (exact) mass is 226 g/mol. The van der Waals surface area contributed by atoms with Crippen molar-refractivity contribution in [2.75, 3.05) is 12.0 Å². The molecule has 1 heterocycles. The van der Waals surface area contributed by atoms with Gasteiger partial charge in [0.2, 0.25) is 0 Å². The molecule has 1 saturated carbocycles. The van der Waals surface area contributed by atoms with Gasteiger partial charge >= 0.3 is 0 Å². The van der Waals surface area contributed by atoms with Gasteiger partial charge in [-0.2, -0.15) is 16.9 Å². The van der Waals surface area contributed by atoms with E-state index in [0.29, 0.717) is 0 Å². The Kier molecular flexibility index (Phi) is 4.02. The number of aryl methyl sites for hydroxylation is 1. The average Bonchev–Trinajstić information content (AvgIpc) is 2.97. The van der Waals surface area contributed by atoms with Crippen molar-refractivity contribution in [1.82, 2.24) is 20.1 Å². The van der Waals surface area contributed by atoms with Gasteiger partial charge in [-0.3, -0.25) is 4.68 Å². The summed E-state index contributed by atoms with van der Waals surface area (Å²) in [6, 6.07) is 0.730. The van der Waals surface area contributed by atoms with Crippen LogP contribution < -0.4 is 5.32 Å². The first-order valence-corrected chi connectivity index (χ1v) is 6.88. The Morgan fingerprint density at radius 2 is 2.47 bits per heavy atom. The average molecular weight is 226 g/mol. The maximum absolute atomic E-state index is 4.42. The molecule has 5 heteroatoms. The van der Waals surface area contributed by atoms with Crippen LogP contribution >= 0.6 is 11.8 Å². The van der Waals surface area contributed by atoms with Gasteiger partial charge in [-0.05, 0) is 31.3 Å². The van der Waals surface area contributed by atoms with Crippen molar-refractivity contribution in [3.63, 3.8) is 0 Å². The van der Waals surface area contributed by atoms with Crippen molar-refractivity contribution in [2.24, 2.45) is 0 Å². The summed E-state index contributed by atoms with van der Waals surface area (Å²) in [6.07, 6.45) is 7.76. The summed E-state index contributed by atoms with van der Waals surface area (Å²) in [4.78, 5) is 4.28. The van der Waals surface area contributed by atoms with Gasteiger partial charge in [-0.15, -0.1) is 0 Å². The van der Waals surface area contributed by atoms with E-state index in [4.69, 9.17) is 0 Å². The van der Waals surface area contributed by atoms with Gasteiger partial charge in [-0.1, -0.05) is 0 Å². The zero-order valence-corrected chi connectivity index (χ0v) is 9.96. The van der Waals surface area contributed by atoms with E-state index in [1.807, 2.05) is 22.8 Å². The Morgan fingerprint density at radius 1 is 1.60 bits per heavy atom. The fraction of sp³-hybridized carbons (Fsp3) is 0.800. The van der Waals surface area contributed by atoms with Crippen LogP contribution in [0.15, 0.2) is 6.33 Å². The molecule has 0 aliphatic heterocycles. The molecule has 2 rings (SSSR count). The highest BCUT2D eigenvalue weighted by atomic mass is 32.2. The highest BCUT2D eigenvalue weighted by molar-refractivity contribution is 7.98. The predicted molar refractivity (Wildman–Crippen MR) is 62.9 cm³/mol. The Hall–Kier alpha value is -0.550. The minimum Gasteiger partial charge on any atom is -0.307 e. The second-order valence-corrected chi connectivity index (χ2v) is 4.91. The first-order chi connectivity index (χ1) is 7.38. The summed E-state index contributed by atoms with van der Waals surface area (Å²) >= 11 is 1.88. The lowest BCUT2D eigenvalue weighted by Gasteiger charge is -1.99. The van der Waals surface area contributed by atoms with Gasteiger partial charge in [0.15, 0.2) is 5.82 Å². The fourth-order valence-corrected chi connectivity index (χ4v) is 1.83. The Bertz CT molecular complexity index is 295. The number of rotatable bonds is 7. The molecule has 1 aromatic heterocycles. The summed E-state index contributed by atoms with van der Waals surface area (Å²) in [7, 11) is 0. The van der Waals surface area contributed by atoms with E-state index in [1.165, 1.54) is 25.0 Å². The molecular weight excluding hydrogens is 208 g/mol. The summed E-state index contributed by atoms with van der Waals surface area (Å²) in [6.45, 7) is 1.80. The molecule has 0 atom stereocenters. The quantitative estimate of drug-likeness (QED) is 0.711. The summed E-state index contributed by atoms with van der Waals surface area (Å²) in [5.41, 5.74) is 0. The Morgan fingerprint density at radius 3 is 3.20 bits per heavy atom. The van der Waals surface area contributed by atoms with Gasteiger partial charge in [0, 0.05) is 12.6 Å². The molecule has 1 N–H and O–H groups in total. The lowest BCUT2D eigenvalue weighted by Crippen LogP contribution is -2.16. The minimum atomic E-state index is 0.730. The third-order valence-electron chi connectivity index (χ3n) is 2.45. The Balaban J connectivity index is 1.70. The van der Waals surface area contributed by atoms with Crippen LogP contribution in [0.2, 0.25) is 0 Å². The lowest BCUT2D eigenvalue weighted by molar-refractivity contribution is 0.584. The highest BCUT2D eigenvalue weighted by Crippen LogP contribution is 2.18. The molecule has 15 heavy (non-hydrogen) atoms. The lowest BCUT2D eigenvalue weighted by atomic mass is 10.5. The number of thioether (sulfide) groups is 1. The molecule has 1 aromatic rings. The molecule has 1 fully saturated rings. The molecule has 0 saturated heterocycles. The van der Waals surface area contributed by atoms with Crippen LogP contribution in [0, 0.1) is 0 Å². The van der Waals surface area contributed by atoms with Gasteiger partial charge in [0.05, 0.1) is 6.54 Å². The number of nitrogens with one attached hydrogen (secondary N) is 1. The second kappa shape index (κ2) is 5.51. The van der Waals surface area contributed by atoms with E-state index >= 15 is 0 Å². The summed E-state index contributed by atoms with van der Waals surface area (Å²) < 4.78 is 1.94. The van der Waals surface area contributed by atoms with Crippen LogP contribution in [-0.2, 0) is 13.1 Å². The summed E-state index contributed by atoms with van der Waals surface area (Å²) in [5, 5.41) is 7.83. The maximum atomic E-state index is 4.42. The van der Waals surface area contributed by atoms with Crippen molar-refractivity contribution in [1.29, 1.82) is 0 Å². The molecule has 0 aromatic carbocycles. The molecular formula is C10H18N4S. The van der Waals surface area contributed by atoms with E-state index in [-0.39, 0.29) is 0 Å². The maximum Gasteiger partial charge on any atom is 0.164 e. The summed E-state index contributed by atoms with van der Waals surface area (Å²) in [5.74, 6) is 2.11. The van der Waals surface area contributed by atoms with Gasteiger partial charge in [0.1, 0.15) is 6.33 Å². The number of hydrogen-bond donors (Lipinski definition) is 1. The largest absolute Gasteiger partial charge is 0.307 e. The van der Waals surface area contributed by atoms with Crippen molar-refractivity contribution in [3.05, 3.63) is 12.2 Å². The zero-order valence-electron chi connectivity index (χ0n) is 9.15. The highest BCUT2D eigenvalue weighted by Gasteiger charge is 2.20. The first-order valence-electron chi connectivity index (χ1n) is 5.49. The minimum absolute atomic E-state index is 0.730. The van der Waals surface area contributed by atoms with Crippen LogP contribution in [0.5, 0.6) is 0 Å². The number of aromatic nitrogens is 3. The van der Waals surface area contributed by atoms with Crippen molar-refractivity contribution in [2.45, 2.75) is 38.4 Å². The molecule has 0 radical (unpaired) electrons. The van der Waals surface area contributed by atoms with Crippen LogP contribution in [0.25, 0.3) is 0 Å².